The minimum atomic E-state index is 0.206. The summed E-state index contributed by atoms with van der Waals surface area (Å²) in [4.78, 5) is 18.2. The summed E-state index contributed by atoms with van der Waals surface area (Å²) in [5.41, 5.74) is 6.79. The van der Waals surface area contributed by atoms with E-state index in [0.29, 0.717) is 24.9 Å². The van der Waals surface area contributed by atoms with Gasteiger partial charge < -0.3 is 16.0 Å². The van der Waals surface area contributed by atoms with Gasteiger partial charge in [-0.05, 0) is 36.5 Å². The fourth-order valence-corrected chi connectivity index (χ4v) is 3.08. The van der Waals surface area contributed by atoms with Crippen molar-refractivity contribution in [2.24, 2.45) is 11.7 Å². The van der Waals surface area contributed by atoms with E-state index in [1.54, 1.807) is 0 Å². The highest BCUT2D eigenvalue weighted by Gasteiger charge is 2.34. The van der Waals surface area contributed by atoms with Gasteiger partial charge in [0.2, 0.25) is 5.91 Å². The van der Waals surface area contributed by atoms with Crippen LogP contribution in [0.15, 0.2) is 18.3 Å². The van der Waals surface area contributed by atoms with Crippen LogP contribution in [0.4, 0.5) is 5.82 Å². The van der Waals surface area contributed by atoms with E-state index in [9.17, 15) is 4.79 Å². The maximum Gasteiger partial charge on any atom is 0.220 e. The van der Waals surface area contributed by atoms with Crippen LogP contribution < -0.4 is 16.0 Å². The Balaban J connectivity index is 1.72. The van der Waals surface area contributed by atoms with Gasteiger partial charge in [0.05, 0.1) is 0 Å². The lowest BCUT2D eigenvalue weighted by molar-refractivity contribution is -0.124. The zero-order chi connectivity index (χ0) is 13.2. The third-order valence-corrected chi connectivity index (χ3v) is 4.19. The maximum atomic E-state index is 11.4. The topological polar surface area (TPSA) is 71.2 Å². The highest BCUT2D eigenvalue weighted by atomic mass is 16.1. The molecule has 1 aromatic rings. The van der Waals surface area contributed by atoms with Crippen LogP contribution in [0.25, 0.3) is 0 Å². The Morgan fingerprint density at radius 3 is 3.21 bits per heavy atom. The second-order valence-corrected chi connectivity index (χ2v) is 5.43. The largest absolute Gasteiger partial charge is 0.356 e. The summed E-state index contributed by atoms with van der Waals surface area (Å²) in [6, 6.07) is 4.38. The third kappa shape index (κ3) is 2.56. The molecule has 19 heavy (non-hydrogen) atoms. The van der Waals surface area contributed by atoms with E-state index in [4.69, 9.17) is 5.73 Å². The van der Waals surface area contributed by atoms with E-state index >= 15 is 0 Å². The number of fused-ring (bicyclic) bond motifs is 1. The summed E-state index contributed by atoms with van der Waals surface area (Å²) in [6.07, 6.45) is 4.48. The fourth-order valence-electron chi connectivity index (χ4n) is 3.08. The zero-order valence-electron chi connectivity index (χ0n) is 11.0. The van der Waals surface area contributed by atoms with Gasteiger partial charge in [-0.25, -0.2) is 4.98 Å². The molecule has 0 spiro atoms. The number of nitrogens with two attached hydrogens (primary N) is 1. The minimum absolute atomic E-state index is 0.206. The van der Waals surface area contributed by atoms with Gasteiger partial charge >= 0.3 is 0 Å². The first-order valence-electron chi connectivity index (χ1n) is 6.95. The first kappa shape index (κ1) is 12.4. The van der Waals surface area contributed by atoms with Crippen LogP contribution in [-0.4, -0.2) is 30.0 Å². The molecular formula is C14H20N4O. The van der Waals surface area contributed by atoms with Crippen LogP contribution in [0.2, 0.25) is 0 Å². The van der Waals surface area contributed by atoms with E-state index in [2.05, 4.69) is 21.3 Å². The molecule has 0 aliphatic carbocycles. The van der Waals surface area contributed by atoms with Crippen molar-refractivity contribution in [3.8, 4) is 0 Å². The molecule has 2 aliphatic rings. The van der Waals surface area contributed by atoms with E-state index in [0.717, 1.165) is 37.3 Å². The summed E-state index contributed by atoms with van der Waals surface area (Å²) in [7, 11) is 0. The Hall–Kier alpha value is -1.62. The van der Waals surface area contributed by atoms with Crippen LogP contribution in [0.1, 0.15) is 24.8 Å². The van der Waals surface area contributed by atoms with Gasteiger partial charge in [0, 0.05) is 38.3 Å². The molecule has 1 amide bonds. The predicted molar refractivity (Wildman–Crippen MR) is 73.6 cm³/mol. The summed E-state index contributed by atoms with van der Waals surface area (Å²) in [5, 5.41) is 3.11. The van der Waals surface area contributed by atoms with Crippen molar-refractivity contribution in [3.63, 3.8) is 0 Å². The smallest absolute Gasteiger partial charge is 0.220 e. The lowest BCUT2D eigenvalue weighted by atomic mass is 9.85. The molecule has 2 aliphatic heterocycles. The standard InChI is InChI=1S/C14H20N4O/c15-8-10-3-5-16-13(7-10)18-6-4-12-11(9-18)1-2-14(19)17-12/h3,5,7,11-12H,1-2,4,6,8-9,15H2,(H,17,19). The molecule has 0 saturated carbocycles. The number of piperidine rings is 2. The van der Waals surface area contributed by atoms with Crippen LogP contribution >= 0.6 is 0 Å². The molecule has 2 saturated heterocycles. The van der Waals surface area contributed by atoms with E-state index in [1.165, 1.54) is 0 Å². The molecule has 2 unspecified atom stereocenters. The molecule has 3 rings (SSSR count). The molecule has 3 heterocycles. The van der Waals surface area contributed by atoms with Crippen LogP contribution in [0, 0.1) is 5.92 Å². The molecule has 102 valence electrons. The minimum Gasteiger partial charge on any atom is -0.356 e. The highest BCUT2D eigenvalue weighted by molar-refractivity contribution is 5.77. The molecule has 0 aromatic carbocycles. The number of aromatic nitrogens is 1. The number of pyridine rings is 1. The van der Waals surface area contributed by atoms with E-state index in [1.807, 2.05) is 12.3 Å². The Labute approximate surface area is 113 Å². The number of amides is 1. The SMILES string of the molecule is NCc1ccnc(N2CCC3NC(=O)CCC3C2)c1. The quantitative estimate of drug-likeness (QED) is 0.819. The number of rotatable bonds is 2. The van der Waals surface area contributed by atoms with E-state index in [-0.39, 0.29) is 5.91 Å². The van der Waals surface area contributed by atoms with Gasteiger partial charge in [-0.1, -0.05) is 0 Å². The predicted octanol–water partition coefficient (Wildman–Crippen LogP) is 0.645. The number of carbonyl (C=O) groups is 1. The van der Waals surface area contributed by atoms with Gasteiger partial charge in [0.1, 0.15) is 5.82 Å². The molecule has 0 bridgehead atoms. The lowest BCUT2D eigenvalue weighted by Crippen LogP contribution is -2.54. The Bertz CT molecular complexity index is 476. The van der Waals surface area contributed by atoms with Crippen LogP contribution in [0.5, 0.6) is 0 Å². The molecule has 2 atom stereocenters. The van der Waals surface area contributed by atoms with Gasteiger partial charge in [0.25, 0.3) is 0 Å². The molecule has 3 N–H and O–H groups in total. The second kappa shape index (κ2) is 5.17. The monoisotopic (exact) mass is 260 g/mol. The van der Waals surface area contributed by atoms with Gasteiger partial charge in [-0.15, -0.1) is 0 Å². The first-order chi connectivity index (χ1) is 9.26. The Kier molecular flexibility index (Phi) is 3.38. The maximum absolute atomic E-state index is 11.4. The highest BCUT2D eigenvalue weighted by Crippen LogP contribution is 2.28. The number of carbonyl (C=O) groups excluding carboxylic acids is 1. The fraction of sp³-hybridized carbons (Fsp3) is 0.571. The number of anilines is 1. The van der Waals surface area contributed by atoms with E-state index < -0.39 is 0 Å². The summed E-state index contributed by atoms with van der Waals surface area (Å²) in [5.74, 6) is 1.77. The average molecular weight is 260 g/mol. The molecule has 5 nitrogen and oxygen atoms in total. The number of hydrogen-bond acceptors (Lipinski definition) is 4. The van der Waals surface area contributed by atoms with Crippen LogP contribution in [-0.2, 0) is 11.3 Å². The summed E-state index contributed by atoms with van der Waals surface area (Å²) >= 11 is 0. The van der Waals surface area contributed by atoms with Gasteiger partial charge in [-0.2, -0.15) is 0 Å². The second-order valence-electron chi connectivity index (χ2n) is 5.43. The van der Waals surface area contributed by atoms with Crippen molar-refractivity contribution in [2.45, 2.75) is 31.8 Å². The van der Waals surface area contributed by atoms with Crippen molar-refractivity contribution in [2.75, 3.05) is 18.0 Å². The van der Waals surface area contributed by atoms with Crippen molar-refractivity contribution < 1.29 is 4.79 Å². The lowest BCUT2D eigenvalue weighted by Gasteiger charge is -2.41. The number of hydrogen-bond donors (Lipinski definition) is 2. The van der Waals surface area contributed by atoms with Gasteiger partial charge in [0.15, 0.2) is 0 Å². The van der Waals surface area contributed by atoms with Crippen molar-refractivity contribution in [1.82, 2.24) is 10.3 Å². The molecule has 1 aromatic heterocycles. The number of nitrogens with one attached hydrogen (secondary N) is 1. The third-order valence-electron chi connectivity index (χ3n) is 4.19. The normalized spacial score (nSPS) is 26.8. The summed E-state index contributed by atoms with van der Waals surface area (Å²) in [6.45, 7) is 2.47. The van der Waals surface area contributed by atoms with Crippen molar-refractivity contribution in [3.05, 3.63) is 23.9 Å². The molecule has 0 radical (unpaired) electrons. The summed E-state index contributed by atoms with van der Waals surface area (Å²) < 4.78 is 0. The first-order valence-corrected chi connectivity index (χ1v) is 6.95. The average Bonchev–Trinajstić information content (AvgIpc) is 2.46. The van der Waals surface area contributed by atoms with Crippen molar-refractivity contribution >= 4 is 11.7 Å². The van der Waals surface area contributed by atoms with Crippen LogP contribution in [0.3, 0.4) is 0 Å². The molecular weight excluding hydrogens is 240 g/mol. The Morgan fingerprint density at radius 2 is 2.37 bits per heavy atom. The number of nitrogens with zero attached hydrogens (tertiary/aromatic N) is 2. The van der Waals surface area contributed by atoms with Crippen molar-refractivity contribution in [1.29, 1.82) is 0 Å². The molecule has 5 heteroatoms. The Morgan fingerprint density at radius 1 is 1.47 bits per heavy atom. The molecule has 2 fully saturated rings. The zero-order valence-corrected chi connectivity index (χ0v) is 11.0. The van der Waals surface area contributed by atoms with Gasteiger partial charge in [-0.3, -0.25) is 4.79 Å².